The van der Waals surface area contributed by atoms with Gasteiger partial charge in [0.05, 0.1) is 18.0 Å². The van der Waals surface area contributed by atoms with Gasteiger partial charge in [-0.15, -0.1) is 0 Å². The molecule has 162 valence electrons. The number of hydrogen-bond acceptors (Lipinski definition) is 4. The predicted octanol–water partition coefficient (Wildman–Crippen LogP) is 3.98. The predicted molar refractivity (Wildman–Crippen MR) is 117 cm³/mol. The highest BCUT2D eigenvalue weighted by Gasteiger charge is 2.29. The highest BCUT2D eigenvalue weighted by atomic mass is 32.2. The fourth-order valence-corrected chi connectivity index (χ4v) is 5.64. The number of amides is 1. The van der Waals surface area contributed by atoms with Crippen molar-refractivity contribution in [1.82, 2.24) is 9.62 Å². The molecule has 1 unspecified atom stereocenters. The highest BCUT2D eigenvalue weighted by Crippen LogP contribution is 2.27. The molecule has 2 aromatic carbocycles. The molecule has 1 amide bonds. The van der Waals surface area contributed by atoms with Crippen LogP contribution in [-0.4, -0.2) is 38.8 Å². The van der Waals surface area contributed by atoms with E-state index in [2.05, 4.69) is 5.32 Å². The molecule has 0 saturated carbocycles. The molecule has 30 heavy (non-hydrogen) atoms. The van der Waals surface area contributed by atoms with Crippen molar-refractivity contribution in [2.24, 2.45) is 0 Å². The molecule has 2 aromatic rings. The quantitative estimate of drug-likeness (QED) is 0.721. The van der Waals surface area contributed by atoms with E-state index >= 15 is 0 Å². The Hall–Kier alpha value is -2.38. The number of sulfonamides is 1. The van der Waals surface area contributed by atoms with Gasteiger partial charge >= 0.3 is 0 Å². The maximum atomic E-state index is 13.0. The number of hydrogen-bond donors (Lipinski definition) is 1. The molecule has 1 fully saturated rings. The standard InChI is InChI=1S/C23H30N2O4S/c1-5-20(18-10-11-21(29-4)17(3)14-18)24-23(26)19-9-8-16(2)22(15-19)30(27,28)25-12-6-7-13-25/h8-11,14-15,20H,5-7,12-13H2,1-4H3,(H,24,26). The van der Waals surface area contributed by atoms with Crippen molar-refractivity contribution in [3.63, 3.8) is 0 Å². The third-order valence-corrected chi connectivity index (χ3v) is 7.71. The fraction of sp³-hybridized carbons (Fsp3) is 0.435. The van der Waals surface area contributed by atoms with Crippen LogP contribution in [0.25, 0.3) is 0 Å². The van der Waals surface area contributed by atoms with Gasteiger partial charge in [0.2, 0.25) is 10.0 Å². The van der Waals surface area contributed by atoms with Gasteiger partial charge in [-0.2, -0.15) is 4.31 Å². The Kier molecular flexibility index (Phi) is 6.83. The monoisotopic (exact) mass is 430 g/mol. The van der Waals surface area contributed by atoms with Crippen molar-refractivity contribution in [2.75, 3.05) is 20.2 Å². The molecule has 0 spiro atoms. The molecule has 7 heteroatoms. The molecule has 1 aliphatic heterocycles. The topological polar surface area (TPSA) is 75.7 Å². The minimum absolute atomic E-state index is 0.179. The van der Waals surface area contributed by atoms with Crippen molar-refractivity contribution in [3.8, 4) is 5.75 Å². The second-order valence-electron chi connectivity index (χ2n) is 7.75. The Labute approximate surface area is 179 Å². The number of ether oxygens (including phenoxy) is 1. The summed E-state index contributed by atoms with van der Waals surface area (Å²) in [5.74, 6) is 0.517. The summed E-state index contributed by atoms with van der Waals surface area (Å²) in [6, 6.07) is 10.6. The average Bonchev–Trinajstić information content (AvgIpc) is 3.28. The molecular formula is C23H30N2O4S. The van der Waals surface area contributed by atoms with Crippen LogP contribution in [0.2, 0.25) is 0 Å². The van der Waals surface area contributed by atoms with E-state index in [4.69, 9.17) is 4.74 Å². The highest BCUT2D eigenvalue weighted by molar-refractivity contribution is 7.89. The number of carbonyl (C=O) groups is 1. The van der Waals surface area contributed by atoms with Crippen molar-refractivity contribution < 1.29 is 17.9 Å². The summed E-state index contributed by atoms with van der Waals surface area (Å²) in [5, 5.41) is 3.04. The number of carbonyl (C=O) groups excluding carboxylic acids is 1. The van der Waals surface area contributed by atoms with E-state index in [1.165, 1.54) is 10.4 Å². The number of nitrogens with zero attached hydrogens (tertiary/aromatic N) is 1. The Morgan fingerprint density at radius 3 is 2.40 bits per heavy atom. The number of methoxy groups -OCH3 is 1. The van der Waals surface area contributed by atoms with Crippen LogP contribution in [0.3, 0.4) is 0 Å². The van der Waals surface area contributed by atoms with Crippen molar-refractivity contribution in [3.05, 3.63) is 58.7 Å². The first kappa shape index (κ1) is 22.3. The molecule has 0 radical (unpaired) electrons. The van der Waals surface area contributed by atoms with Crippen LogP contribution in [0.15, 0.2) is 41.3 Å². The molecule has 0 aromatic heterocycles. The van der Waals surface area contributed by atoms with E-state index in [0.717, 1.165) is 29.7 Å². The van der Waals surface area contributed by atoms with Crippen LogP contribution in [0.5, 0.6) is 5.75 Å². The van der Waals surface area contributed by atoms with E-state index in [9.17, 15) is 13.2 Å². The van der Waals surface area contributed by atoms with Gasteiger partial charge in [0.15, 0.2) is 0 Å². The summed E-state index contributed by atoms with van der Waals surface area (Å²) >= 11 is 0. The van der Waals surface area contributed by atoms with Crippen LogP contribution in [0, 0.1) is 13.8 Å². The summed E-state index contributed by atoms with van der Waals surface area (Å²) in [7, 11) is -1.95. The van der Waals surface area contributed by atoms with Crippen molar-refractivity contribution in [2.45, 2.75) is 51.0 Å². The van der Waals surface area contributed by atoms with E-state index in [1.807, 2.05) is 32.0 Å². The molecule has 3 rings (SSSR count). The van der Waals surface area contributed by atoms with Gasteiger partial charge < -0.3 is 10.1 Å². The molecule has 0 bridgehead atoms. The van der Waals surface area contributed by atoms with Gasteiger partial charge in [-0.05, 0) is 68.0 Å². The molecule has 1 aliphatic rings. The Balaban J connectivity index is 1.85. The minimum atomic E-state index is -3.59. The van der Waals surface area contributed by atoms with Gasteiger partial charge in [-0.1, -0.05) is 25.1 Å². The van der Waals surface area contributed by atoms with Crippen molar-refractivity contribution in [1.29, 1.82) is 0 Å². The third-order valence-electron chi connectivity index (χ3n) is 5.67. The van der Waals surface area contributed by atoms with Gasteiger partial charge in [0.1, 0.15) is 5.75 Å². The van der Waals surface area contributed by atoms with Crippen LogP contribution >= 0.6 is 0 Å². The maximum absolute atomic E-state index is 13.0. The van der Waals surface area contributed by atoms with Crippen LogP contribution in [0.1, 0.15) is 59.3 Å². The molecule has 6 nitrogen and oxygen atoms in total. The van der Waals surface area contributed by atoms with E-state index < -0.39 is 10.0 Å². The number of aryl methyl sites for hydroxylation is 2. The summed E-state index contributed by atoms with van der Waals surface area (Å²) in [5.41, 5.74) is 2.98. The minimum Gasteiger partial charge on any atom is -0.496 e. The summed E-state index contributed by atoms with van der Waals surface area (Å²) in [6.07, 6.45) is 2.46. The maximum Gasteiger partial charge on any atom is 0.251 e. The first-order valence-corrected chi connectivity index (χ1v) is 11.8. The number of rotatable bonds is 7. The lowest BCUT2D eigenvalue weighted by Crippen LogP contribution is -2.30. The summed E-state index contributed by atoms with van der Waals surface area (Å²) < 4.78 is 32.8. The number of benzene rings is 2. The lowest BCUT2D eigenvalue weighted by atomic mass is 10.0. The molecule has 1 saturated heterocycles. The third kappa shape index (κ3) is 4.52. The molecule has 0 aliphatic carbocycles. The van der Waals surface area contributed by atoms with E-state index in [0.29, 0.717) is 30.6 Å². The normalized spacial score (nSPS) is 15.7. The molecule has 1 N–H and O–H groups in total. The van der Waals surface area contributed by atoms with E-state index in [1.54, 1.807) is 26.2 Å². The SMILES string of the molecule is CCC(NC(=O)c1ccc(C)c(S(=O)(=O)N2CCCC2)c1)c1ccc(OC)c(C)c1. The zero-order valence-corrected chi connectivity index (χ0v) is 18.9. The second kappa shape index (κ2) is 9.18. The first-order valence-electron chi connectivity index (χ1n) is 10.3. The van der Waals surface area contributed by atoms with Gasteiger partial charge in [0.25, 0.3) is 5.91 Å². The largest absolute Gasteiger partial charge is 0.496 e. The smallest absolute Gasteiger partial charge is 0.251 e. The summed E-state index contributed by atoms with van der Waals surface area (Å²) in [4.78, 5) is 13.2. The second-order valence-corrected chi connectivity index (χ2v) is 9.66. The lowest BCUT2D eigenvalue weighted by Gasteiger charge is -2.20. The number of nitrogens with one attached hydrogen (secondary N) is 1. The van der Waals surface area contributed by atoms with E-state index in [-0.39, 0.29) is 16.8 Å². The lowest BCUT2D eigenvalue weighted by molar-refractivity contribution is 0.0935. The molecule has 1 atom stereocenters. The van der Waals surface area contributed by atoms with Gasteiger partial charge in [0, 0.05) is 18.7 Å². The Morgan fingerprint density at radius 2 is 1.80 bits per heavy atom. The van der Waals surface area contributed by atoms with Crippen molar-refractivity contribution >= 4 is 15.9 Å². The zero-order valence-electron chi connectivity index (χ0n) is 18.1. The Morgan fingerprint density at radius 1 is 1.10 bits per heavy atom. The zero-order chi connectivity index (χ0) is 21.9. The molecular weight excluding hydrogens is 400 g/mol. The van der Waals surface area contributed by atoms with Crippen LogP contribution in [-0.2, 0) is 10.0 Å². The Bertz CT molecular complexity index is 1030. The van der Waals surface area contributed by atoms with Crippen LogP contribution in [0.4, 0.5) is 0 Å². The fourth-order valence-electron chi connectivity index (χ4n) is 3.87. The van der Waals surface area contributed by atoms with Gasteiger partial charge in [-0.25, -0.2) is 8.42 Å². The average molecular weight is 431 g/mol. The summed E-state index contributed by atoms with van der Waals surface area (Å²) in [6.45, 7) is 6.80. The first-order chi connectivity index (χ1) is 14.3. The van der Waals surface area contributed by atoms with Crippen LogP contribution < -0.4 is 10.1 Å². The molecule has 1 heterocycles. The van der Waals surface area contributed by atoms with Gasteiger partial charge in [-0.3, -0.25) is 4.79 Å².